The molecule has 0 N–H and O–H groups in total. The summed E-state index contributed by atoms with van der Waals surface area (Å²) in [5, 5.41) is 0. The van der Waals surface area contributed by atoms with Crippen molar-refractivity contribution < 1.29 is 18.7 Å². The maximum atomic E-state index is 12.7. The van der Waals surface area contributed by atoms with Crippen LogP contribution >= 0.6 is 0 Å². The molecule has 24 heavy (non-hydrogen) atoms. The quantitative estimate of drug-likeness (QED) is 0.817. The molecule has 0 bridgehead atoms. The highest BCUT2D eigenvalue weighted by molar-refractivity contribution is 5.78. The zero-order valence-electron chi connectivity index (χ0n) is 13.9. The lowest BCUT2D eigenvalue weighted by Gasteiger charge is -2.33. The van der Waals surface area contributed by atoms with Crippen molar-refractivity contribution in [1.82, 2.24) is 4.90 Å². The Bertz CT molecular complexity index is 630. The van der Waals surface area contributed by atoms with E-state index in [-0.39, 0.29) is 18.6 Å². The van der Waals surface area contributed by atoms with Crippen LogP contribution in [-0.4, -0.2) is 36.7 Å². The minimum atomic E-state index is -0.0288. The summed E-state index contributed by atoms with van der Waals surface area (Å²) >= 11 is 0. The number of hydrogen-bond donors (Lipinski definition) is 0. The molecule has 3 rings (SSSR count). The number of carbonyl (C=O) groups is 1. The molecule has 2 heterocycles. The van der Waals surface area contributed by atoms with E-state index in [0.29, 0.717) is 25.5 Å². The van der Waals surface area contributed by atoms with Crippen molar-refractivity contribution in [3.8, 4) is 5.75 Å². The van der Waals surface area contributed by atoms with E-state index in [0.717, 1.165) is 24.2 Å². The minimum Gasteiger partial charge on any atom is -0.484 e. The molecule has 1 aromatic heterocycles. The first-order valence-corrected chi connectivity index (χ1v) is 8.31. The Balaban J connectivity index is 1.64. The lowest BCUT2D eigenvalue weighted by molar-refractivity contribution is -0.138. The normalized spacial score (nSPS) is 15.2. The van der Waals surface area contributed by atoms with E-state index in [9.17, 15) is 4.79 Å². The van der Waals surface area contributed by atoms with Crippen molar-refractivity contribution in [1.29, 1.82) is 0 Å². The third-order valence-electron chi connectivity index (χ3n) is 4.24. The molecule has 128 valence electrons. The summed E-state index contributed by atoms with van der Waals surface area (Å²) in [4.78, 5) is 14.6. The number of ether oxygens (including phenoxy) is 2. The van der Waals surface area contributed by atoms with Gasteiger partial charge in [-0.1, -0.05) is 17.7 Å². The minimum absolute atomic E-state index is 0.0288. The maximum absolute atomic E-state index is 12.7. The topological polar surface area (TPSA) is 51.9 Å². The monoisotopic (exact) mass is 329 g/mol. The first-order valence-electron chi connectivity index (χ1n) is 8.31. The van der Waals surface area contributed by atoms with Gasteiger partial charge in [0.2, 0.25) is 0 Å². The Morgan fingerprint density at radius 2 is 1.96 bits per heavy atom. The van der Waals surface area contributed by atoms with Gasteiger partial charge in [0.25, 0.3) is 5.91 Å². The molecule has 1 saturated heterocycles. The second kappa shape index (κ2) is 8.02. The van der Waals surface area contributed by atoms with Gasteiger partial charge in [-0.2, -0.15) is 0 Å². The van der Waals surface area contributed by atoms with Crippen LogP contribution in [0.15, 0.2) is 47.1 Å². The van der Waals surface area contributed by atoms with E-state index in [1.54, 1.807) is 6.26 Å². The standard InChI is InChI=1S/C19H23NO4/c1-15-4-6-17(7-5-15)24-14-19(21)20(13-18-3-2-10-23-18)16-8-11-22-12-9-16/h2-7,10,16H,8-9,11-14H2,1H3. The maximum Gasteiger partial charge on any atom is 0.261 e. The van der Waals surface area contributed by atoms with Crippen molar-refractivity contribution in [2.75, 3.05) is 19.8 Å². The summed E-state index contributed by atoms with van der Waals surface area (Å²) in [6.07, 6.45) is 3.32. The zero-order valence-corrected chi connectivity index (χ0v) is 13.9. The Hall–Kier alpha value is -2.27. The van der Waals surface area contributed by atoms with Gasteiger partial charge in [-0.15, -0.1) is 0 Å². The number of amides is 1. The Labute approximate surface area is 142 Å². The number of aryl methyl sites for hydroxylation is 1. The van der Waals surface area contributed by atoms with Gasteiger partial charge in [0.15, 0.2) is 6.61 Å². The van der Waals surface area contributed by atoms with Crippen LogP contribution in [0.3, 0.4) is 0 Å². The predicted molar refractivity (Wildman–Crippen MR) is 89.8 cm³/mol. The molecule has 1 aliphatic heterocycles. The molecule has 1 aliphatic rings. The van der Waals surface area contributed by atoms with Crippen LogP contribution in [0.25, 0.3) is 0 Å². The third-order valence-corrected chi connectivity index (χ3v) is 4.24. The summed E-state index contributed by atoms with van der Waals surface area (Å²) in [5.41, 5.74) is 1.16. The molecule has 0 aliphatic carbocycles. The molecule has 0 spiro atoms. The van der Waals surface area contributed by atoms with Crippen LogP contribution in [0.5, 0.6) is 5.75 Å². The SMILES string of the molecule is Cc1ccc(OCC(=O)N(Cc2ccco2)C2CCOCC2)cc1. The van der Waals surface area contributed by atoms with Crippen LogP contribution < -0.4 is 4.74 Å². The van der Waals surface area contributed by atoms with E-state index in [1.807, 2.05) is 48.2 Å². The van der Waals surface area contributed by atoms with Crippen molar-refractivity contribution in [2.24, 2.45) is 0 Å². The van der Waals surface area contributed by atoms with Crippen molar-refractivity contribution in [3.05, 3.63) is 54.0 Å². The van der Waals surface area contributed by atoms with Gasteiger partial charge in [-0.3, -0.25) is 4.79 Å². The zero-order chi connectivity index (χ0) is 16.8. The van der Waals surface area contributed by atoms with Gasteiger partial charge in [-0.05, 0) is 44.0 Å². The lowest BCUT2D eigenvalue weighted by Crippen LogP contribution is -2.44. The third kappa shape index (κ3) is 4.38. The fourth-order valence-electron chi connectivity index (χ4n) is 2.85. The lowest BCUT2D eigenvalue weighted by atomic mass is 10.1. The van der Waals surface area contributed by atoms with Gasteiger partial charge >= 0.3 is 0 Å². The van der Waals surface area contributed by atoms with Crippen LogP contribution in [-0.2, 0) is 16.1 Å². The molecule has 0 atom stereocenters. The van der Waals surface area contributed by atoms with Crippen molar-refractivity contribution >= 4 is 5.91 Å². The summed E-state index contributed by atoms with van der Waals surface area (Å²) in [6.45, 7) is 3.89. The summed E-state index contributed by atoms with van der Waals surface area (Å²) in [5.74, 6) is 1.46. The van der Waals surface area contributed by atoms with Crippen LogP contribution in [0.2, 0.25) is 0 Å². The number of rotatable bonds is 6. The summed E-state index contributed by atoms with van der Waals surface area (Å²) in [6, 6.07) is 11.6. The van der Waals surface area contributed by atoms with Gasteiger partial charge in [0.05, 0.1) is 12.8 Å². The molecule has 1 amide bonds. The Kier molecular flexibility index (Phi) is 5.54. The molecule has 5 heteroatoms. The molecular formula is C19H23NO4. The summed E-state index contributed by atoms with van der Waals surface area (Å²) in [7, 11) is 0. The van der Waals surface area contributed by atoms with E-state index >= 15 is 0 Å². The Morgan fingerprint density at radius 3 is 2.62 bits per heavy atom. The van der Waals surface area contributed by atoms with Gasteiger partial charge < -0.3 is 18.8 Å². The van der Waals surface area contributed by atoms with Crippen LogP contribution in [0.4, 0.5) is 0 Å². The van der Waals surface area contributed by atoms with Gasteiger partial charge in [0.1, 0.15) is 11.5 Å². The van der Waals surface area contributed by atoms with Gasteiger partial charge in [-0.25, -0.2) is 0 Å². The molecule has 0 radical (unpaired) electrons. The van der Waals surface area contributed by atoms with E-state index in [2.05, 4.69) is 0 Å². The number of hydrogen-bond acceptors (Lipinski definition) is 4. The second-order valence-electron chi connectivity index (χ2n) is 6.05. The molecular weight excluding hydrogens is 306 g/mol. The number of nitrogens with zero attached hydrogens (tertiary/aromatic N) is 1. The number of benzene rings is 1. The fraction of sp³-hybridized carbons (Fsp3) is 0.421. The van der Waals surface area contributed by atoms with Crippen LogP contribution in [0.1, 0.15) is 24.2 Å². The van der Waals surface area contributed by atoms with E-state index in [1.165, 1.54) is 0 Å². The van der Waals surface area contributed by atoms with Crippen LogP contribution in [0, 0.1) is 6.92 Å². The average molecular weight is 329 g/mol. The fourth-order valence-corrected chi connectivity index (χ4v) is 2.85. The predicted octanol–water partition coefficient (Wildman–Crippen LogP) is 3.17. The van der Waals surface area contributed by atoms with E-state index in [4.69, 9.17) is 13.9 Å². The van der Waals surface area contributed by atoms with E-state index < -0.39 is 0 Å². The highest BCUT2D eigenvalue weighted by atomic mass is 16.5. The Morgan fingerprint density at radius 1 is 1.21 bits per heavy atom. The highest BCUT2D eigenvalue weighted by Crippen LogP contribution is 2.19. The smallest absolute Gasteiger partial charge is 0.261 e. The molecule has 2 aromatic rings. The highest BCUT2D eigenvalue weighted by Gasteiger charge is 2.27. The first-order chi connectivity index (χ1) is 11.7. The molecule has 5 nitrogen and oxygen atoms in total. The average Bonchev–Trinajstić information content (AvgIpc) is 3.13. The van der Waals surface area contributed by atoms with Gasteiger partial charge in [0, 0.05) is 19.3 Å². The molecule has 1 fully saturated rings. The number of furan rings is 1. The van der Waals surface area contributed by atoms with Crippen molar-refractivity contribution in [3.63, 3.8) is 0 Å². The number of carbonyl (C=O) groups excluding carboxylic acids is 1. The molecule has 1 aromatic carbocycles. The molecule has 0 unspecified atom stereocenters. The molecule has 0 saturated carbocycles. The van der Waals surface area contributed by atoms with Crippen molar-refractivity contribution in [2.45, 2.75) is 32.4 Å². The second-order valence-corrected chi connectivity index (χ2v) is 6.05. The largest absolute Gasteiger partial charge is 0.484 e. The first kappa shape index (κ1) is 16.6. The summed E-state index contributed by atoms with van der Waals surface area (Å²) < 4.78 is 16.5.